The third kappa shape index (κ3) is 8.36. The third-order valence-corrected chi connectivity index (χ3v) is 3.91. The Bertz CT molecular complexity index is 304. The van der Waals surface area contributed by atoms with E-state index in [1.165, 1.54) is 0 Å². The average molecular weight is 270 g/mol. The first-order valence-corrected chi connectivity index (χ1v) is 7.74. The zero-order valence-electron chi connectivity index (χ0n) is 10.9. The molecule has 0 aliphatic heterocycles. The van der Waals surface area contributed by atoms with Crippen molar-refractivity contribution in [2.75, 3.05) is 11.6 Å². The minimum absolute atomic E-state index is 0.0957. The van der Waals surface area contributed by atoms with Crippen molar-refractivity contribution in [3.05, 3.63) is 0 Å². The van der Waals surface area contributed by atoms with E-state index >= 15 is 0 Å². The molecular weight excluding hydrogens is 246 g/mol. The maximum atomic E-state index is 11.7. The predicted octanol–water partition coefficient (Wildman–Crippen LogP) is 2.75. The van der Waals surface area contributed by atoms with Gasteiger partial charge in [-0.25, -0.2) is 13.1 Å². The number of rotatable bonds is 6. The normalized spacial score (nSPS) is 14.1. The standard InChI is InChI=1S/C11H24ClNO2S/c1-10(2,3)9-11(4,5)13-16(14,15)8-6-7-12/h13H,6-9H2,1-5H3. The highest BCUT2D eigenvalue weighted by molar-refractivity contribution is 7.89. The first kappa shape index (κ1) is 16.2. The smallest absolute Gasteiger partial charge is 0.212 e. The van der Waals surface area contributed by atoms with Crippen molar-refractivity contribution in [3.63, 3.8) is 0 Å². The van der Waals surface area contributed by atoms with E-state index in [1.807, 2.05) is 13.8 Å². The van der Waals surface area contributed by atoms with Crippen LogP contribution in [0.2, 0.25) is 0 Å². The summed E-state index contributed by atoms with van der Waals surface area (Å²) in [6.45, 7) is 10.1. The highest BCUT2D eigenvalue weighted by Crippen LogP contribution is 2.27. The molecule has 0 aliphatic carbocycles. The van der Waals surface area contributed by atoms with Crippen LogP contribution in [0.4, 0.5) is 0 Å². The molecule has 0 unspecified atom stereocenters. The average Bonchev–Trinajstić information content (AvgIpc) is 1.93. The number of sulfonamides is 1. The van der Waals surface area contributed by atoms with Crippen LogP contribution in [-0.4, -0.2) is 25.6 Å². The first-order chi connectivity index (χ1) is 6.97. The second-order valence-corrected chi connectivity index (χ2v) is 8.30. The van der Waals surface area contributed by atoms with Crippen LogP contribution >= 0.6 is 11.6 Å². The first-order valence-electron chi connectivity index (χ1n) is 5.55. The minimum atomic E-state index is -3.21. The number of hydrogen-bond acceptors (Lipinski definition) is 2. The summed E-state index contributed by atoms with van der Waals surface area (Å²) in [4.78, 5) is 0. The van der Waals surface area contributed by atoms with Crippen LogP contribution < -0.4 is 4.72 Å². The van der Waals surface area contributed by atoms with Gasteiger partial charge in [-0.15, -0.1) is 11.6 Å². The Hall–Kier alpha value is 0.200. The van der Waals surface area contributed by atoms with Gasteiger partial charge in [0.05, 0.1) is 5.75 Å². The third-order valence-electron chi connectivity index (χ3n) is 1.95. The molecule has 0 saturated heterocycles. The summed E-state index contributed by atoms with van der Waals surface area (Å²) in [6.07, 6.45) is 1.28. The molecule has 0 aromatic heterocycles. The fourth-order valence-electron chi connectivity index (χ4n) is 2.08. The quantitative estimate of drug-likeness (QED) is 0.754. The summed E-state index contributed by atoms with van der Waals surface area (Å²) >= 11 is 5.49. The van der Waals surface area contributed by atoms with Gasteiger partial charge in [-0.1, -0.05) is 20.8 Å². The van der Waals surface area contributed by atoms with Crippen LogP contribution in [0.3, 0.4) is 0 Å². The lowest BCUT2D eigenvalue weighted by atomic mass is 9.82. The van der Waals surface area contributed by atoms with E-state index in [0.29, 0.717) is 12.3 Å². The lowest BCUT2D eigenvalue weighted by Gasteiger charge is -2.32. The van der Waals surface area contributed by atoms with Crippen LogP contribution in [0.1, 0.15) is 47.5 Å². The minimum Gasteiger partial charge on any atom is -0.212 e. The molecule has 0 heterocycles. The summed E-state index contributed by atoms with van der Waals surface area (Å²) in [5.74, 6) is 0.477. The van der Waals surface area contributed by atoms with Gasteiger partial charge in [0.25, 0.3) is 0 Å². The number of hydrogen-bond donors (Lipinski definition) is 1. The molecule has 0 radical (unpaired) electrons. The van der Waals surface area contributed by atoms with Crippen molar-refractivity contribution in [1.82, 2.24) is 4.72 Å². The topological polar surface area (TPSA) is 46.2 Å². The lowest BCUT2D eigenvalue weighted by Crippen LogP contribution is -2.46. The molecule has 3 nitrogen and oxygen atoms in total. The van der Waals surface area contributed by atoms with Gasteiger partial charge in [-0.2, -0.15) is 0 Å². The van der Waals surface area contributed by atoms with Crippen molar-refractivity contribution < 1.29 is 8.42 Å². The molecule has 0 aliphatic rings. The van der Waals surface area contributed by atoms with Gasteiger partial charge in [0, 0.05) is 11.4 Å². The molecule has 16 heavy (non-hydrogen) atoms. The molecule has 1 N–H and O–H groups in total. The molecule has 98 valence electrons. The number of nitrogens with one attached hydrogen (secondary N) is 1. The summed E-state index contributed by atoms with van der Waals surface area (Å²) in [5.41, 5.74) is -0.318. The van der Waals surface area contributed by atoms with E-state index in [-0.39, 0.29) is 11.2 Å². The Morgan fingerprint density at radius 2 is 1.62 bits per heavy atom. The van der Waals surface area contributed by atoms with Crippen LogP contribution in [-0.2, 0) is 10.0 Å². The van der Waals surface area contributed by atoms with Crippen molar-refractivity contribution >= 4 is 21.6 Å². The Labute approximate surface area is 105 Å². The summed E-state index contributed by atoms with van der Waals surface area (Å²) in [6, 6.07) is 0. The summed E-state index contributed by atoms with van der Waals surface area (Å²) in [5, 5.41) is 0. The fraction of sp³-hybridized carbons (Fsp3) is 1.00. The molecule has 0 fully saturated rings. The fourth-order valence-corrected chi connectivity index (χ4v) is 3.91. The van der Waals surface area contributed by atoms with Gasteiger partial charge in [-0.3, -0.25) is 0 Å². The number of alkyl halides is 1. The summed E-state index contributed by atoms with van der Waals surface area (Å²) in [7, 11) is -3.21. The zero-order chi connectivity index (χ0) is 13.0. The lowest BCUT2D eigenvalue weighted by molar-refractivity contribution is 0.269. The highest BCUT2D eigenvalue weighted by Gasteiger charge is 2.29. The molecule has 0 rings (SSSR count). The van der Waals surface area contributed by atoms with E-state index in [0.717, 1.165) is 6.42 Å². The Kier molecular flexibility index (Phi) is 5.77. The van der Waals surface area contributed by atoms with Crippen molar-refractivity contribution in [2.24, 2.45) is 5.41 Å². The molecule has 0 atom stereocenters. The second-order valence-electron chi connectivity index (χ2n) is 6.08. The van der Waals surface area contributed by atoms with Gasteiger partial charge in [-0.05, 0) is 32.1 Å². The second kappa shape index (κ2) is 5.69. The van der Waals surface area contributed by atoms with E-state index in [4.69, 9.17) is 11.6 Å². The molecular formula is C11H24ClNO2S. The van der Waals surface area contributed by atoms with E-state index in [9.17, 15) is 8.42 Å². The van der Waals surface area contributed by atoms with Gasteiger partial charge in [0.1, 0.15) is 0 Å². The maximum absolute atomic E-state index is 11.7. The van der Waals surface area contributed by atoms with Crippen LogP contribution in [0, 0.1) is 5.41 Å². The van der Waals surface area contributed by atoms with Crippen LogP contribution in [0.15, 0.2) is 0 Å². The molecule has 0 aromatic rings. The van der Waals surface area contributed by atoms with Crippen LogP contribution in [0.25, 0.3) is 0 Å². The van der Waals surface area contributed by atoms with E-state index in [1.54, 1.807) is 0 Å². The van der Waals surface area contributed by atoms with Crippen LogP contribution in [0.5, 0.6) is 0 Å². The van der Waals surface area contributed by atoms with Gasteiger partial charge >= 0.3 is 0 Å². The van der Waals surface area contributed by atoms with Gasteiger partial charge in [0.2, 0.25) is 10.0 Å². The molecule has 0 aromatic carbocycles. The Balaban J connectivity index is 4.46. The Morgan fingerprint density at radius 1 is 1.12 bits per heavy atom. The highest BCUT2D eigenvalue weighted by atomic mass is 35.5. The monoisotopic (exact) mass is 269 g/mol. The van der Waals surface area contributed by atoms with Crippen molar-refractivity contribution in [3.8, 4) is 0 Å². The van der Waals surface area contributed by atoms with Crippen molar-refractivity contribution in [1.29, 1.82) is 0 Å². The number of halogens is 1. The molecule has 0 spiro atoms. The maximum Gasteiger partial charge on any atom is 0.212 e. The zero-order valence-corrected chi connectivity index (χ0v) is 12.5. The molecule has 5 heteroatoms. The molecule has 0 saturated carbocycles. The van der Waals surface area contributed by atoms with Gasteiger partial charge in [0.15, 0.2) is 0 Å². The summed E-state index contributed by atoms with van der Waals surface area (Å²) < 4.78 is 26.2. The molecule has 0 amide bonds. The largest absolute Gasteiger partial charge is 0.212 e. The SMILES string of the molecule is CC(C)(C)CC(C)(C)NS(=O)(=O)CCCCl. The predicted molar refractivity (Wildman–Crippen MR) is 70.4 cm³/mol. The molecule has 0 bridgehead atoms. The van der Waals surface area contributed by atoms with E-state index < -0.39 is 15.6 Å². The Morgan fingerprint density at radius 3 is 2.00 bits per heavy atom. The van der Waals surface area contributed by atoms with E-state index in [2.05, 4.69) is 25.5 Å². The van der Waals surface area contributed by atoms with Gasteiger partial charge < -0.3 is 0 Å². The van der Waals surface area contributed by atoms with Crippen molar-refractivity contribution in [2.45, 2.75) is 53.0 Å².